The molecule has 0 saturated heterocycles. The summed E-state index contributed by atoms with van der Waals surface area (Å²) in [5.74, 6) is 0. The number of halogens is 1. The lowest BCUT2D eigenvalue weighted by Crippen LogP contribution is -2.07. The minimum absolute atomic E-state index is 0.369. The maximum absolute atomic E-state index is 11.2. The average molecular weight is 375 g/mol. The van der Waals surface area contributed by atoms with E-state index in [1.165, 1.54) is 5.56 Å². The predicted octanol–water partition coefficient (Wildman–Crippen LogP) is 4.30. The molecular weight excluding hydrogens is 357 g/mol. The van der Waals surface area contributed by atoms with Crippen molar-refractivity contribution in [1.29, 1.82) is 0 Å². The monoisotopic (exact) mass is 375 g/mol. The number of benzene rings is 1. The molecule has 1 aromatic rings. The van der Waals surface area contributed by atoms with E-state index in [9.17, 15) is 4.79 Å². The molecule has 0 heterocycles. The average Bonchev–Trinajstić information content (AvgIpc) is 2.45. The predicted molar refractivity (Wildman–Crippen MR) is 83.7 cm³/mol. The Kier molecular flexibility index (Phi) is 7.47. The van der Waals surface area contributed by atoms with E-state index in [0.717, 1.165) is 22.8 Å². The molecule has 0 aliphatic carbocycles. The molecule has 0 aromatic heterocycles. The summed E-state index contributed by atoms with van der Waals surface area (Å²) < 4.78 is 5.80. The lowest BCUT2D eigenvalue weighted by Gasteiger charge is -2.03. The number of nitrogens with zero attached hydrogens (tertiary/aromatic N) is 1. The van der Waals surface area contributed by atoms with Crippen LogP contribution in [0.3, 0.4) is 0 Å². The molecule has 1 aromatic carbocycles. The molecule has 4 nitrogen and oxygen atoms in total. The Hall–Kier alpha value is -1.11. The van der Waals surface area contributed by atoms with Gasteiger partial charge in [0.15, 0.2) is 0 Å². The van der Waals surface area contributed by atoms with Crippen LogP contribution >= 0.6 is 22.6 Å². The number of carbonyl (C=O) groups is 1. The summed E-state index contributed by atoms with van der Waals surface area (Å²) in [6.07, 6.45) is 1.05. The van der Waals surface area contributed by atoms with Crippen LogP contribution in [-0.4, -0.2) is 18.5 Å². The molecule has 0 N–H and O–H groups in total. The van der Waals surface area contributed by atoms with Crippen molar-refractivity contribution in [2.75, 3.05) is 6.61 Å². The van der Waals surface area contributed by atoms with Crippen LogP contribution < -0.4 is 0 Å². The molecule has 0 aliphatic rings. The highest BCUT2D eigenvalue weighted by Crippen LogP contribution is 2.09. The summed E-state index contributed by atoms with van der Waals surface area (Å²) in [7, 11) is 0. The van der Waals surface area contributed by atoms with Gasteiger partial charge >= 0.3 is 6.16 Å². The number of rotatable bonds is 6. The summed E-state index contributed by atoms with van der Waals surface area (Å²) >= 11 is 2.31. The number of alkyl halides is 1. The summed E-state index contributed by atoms with van der Waals surface area (Å²) in [5, 5.41) is 3.77. The number of hydrogen-bond donors (Lipinski definition) is 0. The summed E-state index contributed by atoms with van der Waals surface area (Å²) in [6.45, 7) is 4.18. The molecule has 5 heteroatoms. The van der Waals surface area contributed by atoms with Crippen LogP contribution in [0.25, 0.3) is 0 Å². The topological polar surface area (TPSA) is 47.9 Å². The molecule has 0 amide bonds. The van der Waals surface area contributed by atoms with E-state index in [2.05, 4.69) is 32.6 Å². The highest BCUT2D eigenvalue weighted by molar-refractivity contribution is 14.1. The van der Waals surface area contributed by atoms with E-state index >= 15 is 0 Å². The van der Waals surface area contributed by atoms with Gasteiger partial charge in [-0.05, 0) is 24.5 Å². The zero-order valence-electron chi connectivity index (χ0n) is 11.2. The zero-order valence-corrected chi connectivity index (χ0v) is 13.3. The quantitative estimate of drug-likeness (QED) is 0.142. The van der Waals surface area contributed by atoms with E-state index in [-0.39, 0.29) is 0 Å². The third-order valence-electron chi connectivity index (χ3n) is 2.50. The molecule has 0 saturated carbocycles. The summed E-state index contributed by atoms with van der Waals surface area (Å²) in [4.78, 5) is 15.9. The lowest BCUT2D eigenvalue weighted by atomic mass is 10.1. The van der Waals surface area contributed by atoms with Crippen LogP contribution in [-0.2, 0) is 14.0 Å². The van der Waals surface area contributed by atoms with E-state index in [4.69, 9.17) is 4.74 Å². The number of ether oxygens (including phenoxy) is 1. The highest BCUT2D eigenvalue weighted by Gasteiger charge is 2.04. The van der Waals surface area contributed by atoms with E-state index < -0.39 is 6.16 Å². The van der Waals surface area contributed by atoms with Gasteiger partial charge in [-0.2, -0.15) is 0 Å². The minimum Gasteiger partial charge on any atom is -0.433 e. The van der Waals surface area contributed by atoms with Crippen LogP contribution in [0.15, 0.2) is 29.4 Å². The van der Waals surface area contributed by atoms with Gasteiger partial charge in [0.2, 0.25) is 0 Å². The number of unbranched alkanes of at least 4 members (excludes halogenated alkanes) is 1. The van der Waals surface area contributed by atoms with Gasteiger partial charge in [-0.3, -0.25) is 4.84 Å². The number of carbonyl (C=O) groups excluding carboxylic acids is 1. The second-order valence-electron chi connectivity index (χ2n) is 4.05. The highest BCUT2D eigenvalue weighted by atomic mass is 127. The van der Waals surface area contributed by atoms with Gasteiger partial charge < -0.3 is 4.74 Å². The van der Waals surface area contributed by atoms with E-state index in [1.807, 2.05) is 31.2 Å². The van der Waals surface area contributed by atoms with Crippen LogP contribution in [0.2, 0.25) is 0 Å². The number of hydrogen-bond acceptors (Lipinski definition) is 4. The Bertz CT molecular complexity index is 429. The lowest BCUT2D eigenvalue weighted by molar-refractivity contribution is 0.0565. The van der Waals surface area contributed by atoms with Crippen LogP contribution in [0.5, 0.6) is 0 Å². The molecule has 104 valence electrons. The second kappa shape index (κ2) is 8.90. The van der Waals surface area contributed by atoms with Crippen LogP contribution in [0.4, 0.5) is 4.79 Å². The third-order valence-corrected chi connectivity index (χ3v) is 3.38. The Morgan fingerprint density at radius 2 is 2.00 bits per heavy atom. The fourth-order valence-electron chi connectivity index (χ4n) is 1.32. The molecule has 0 atom stereocenters. The van der Waals surface area contributed by atoms with Crippen molar-refractivity contribution in [1.82, 2.24) is 0 Å². The SMILES string of the molecule is CCCCOC(=O)O/N=C(/C)c1ccc(CI)cc1. The second-order valence-corrected chi connectivity index (χ2v) is 4.81. The summed E-state index contributed by atoms with van der Waals surface area (Å²) in [6, 6.07) is 7.97. The smallest absolute Gasteiger partial charge is 0.433 e. The molecule has 0 bridgehead atoms. The standard InChI is InChI=1S/C14H18INO3/c1-3-4-9-18-14(17)19-16-11(2)13-7-5-12(10-15)6-8-13/h5-8H,3-4,9-10H2,1-2H3/b16-11-. The van der Waals surface area contributed by atoms with Gasteiger partial charge in [-0.1, -0.05) is 65.4 Å². The van der Waals surface area contributed by atoms with Crippen molar-refractivity contribution >= 4 is 34.5 Å². The van der Waals surface area contributed by atoms with Crippen molar-refractivity contribution in [3.8, 4) is 0 Å². The van der Waals surface area contributed by atoms with Gasteiger partial charge in [0.25, 0.3) is 0 Å². The first-order chi connectivity index (χ1) is 9.17. The Morgan fingerprint density at radius 3 is 2.58 bits per heavy atom. The van der Waals surface area contributed by atoms with Gasteiger partial charge in [0.1, 0.15) is 0 Å². The first-order valence-electron chi connectivity index (χ1n) is 6.21. The fourth-order valence-corrected chi connectivity index (χ4v) is 1.83. The van der Waals surface area contributed by atoms with Crippen LogP contribution in [0.1, 0.15) is 37.8 Å². The molecule has 0 aliphatic heterocycles. The van der Waals surface area contributed by atoms with Gasteiger partial charge in [0.05, 0.1) is 12.3 Å². The molecule has 19 heavy (non-hydrogen) atoms. The minimum atomic E-state index is -0.753. The Morgan fingerprint density at radius 1 is 1.32 bits per heavy atom. The van der Waals surface area contributed by atoms with Gasteiger partial charge in [-0.25, -0.2) is 4.79 Å². The molecule has 0 radical (unpaired) electrons. The molecule has 0 unspecified atom stereocenters. The third kappa shape index (κ3) is 6.04. The fraction of sp³-hybridized carbons (Fsp3) is 0.429. The van der Waals surface area contributed by atoms with Crippen molar-refractivity contribution in [3.63, 3.8) is 0 Å². The first kappa shape index (κ1) is 15.9. The maximum atomic E-state index is 11.2. The van der Waals surface area contributed by atoms with Gasteiger partial charge in [-0.15, -0.1) is 0 Å². The molecule has 1 rings (SSSR count). The molecular formula is C14H18INO3. The van der Waals surface area contributed by atoms with E-state index in [0.29, 0.717) is 12.3 Å². The maximum Gasteiger partial charge on any atom is 0.535 e. The summed E-state index contributed by atoms with van der Waals surface area (Å²) in [5.41, 5.74) is 2.82. The number of oxime groups is 1. The van der Waals surface area contributed by atoms with E-state index in [1.54, 1.807) is 6.92 Å². The Balaban J connectivity index is 2.49. The van der Waals surface area contributed by atoms with Crippen molar-refractivity contribution in [2.24, 2.45) is 5.16 Å². The van der Waals surface area contributed by atoms with Crippen molar-refractivity contribution < 1.29 is 14.4 Å². The Labute approximate surface area is 127 Å². The first-order valence-corrected chi connectivity index (χ1v) is 7.73. The largest absolute Gasteiger partial charge is 0.535 e. The van der Waals surface area contributed by atoms with Crippen LogP contribution in [0, 0.1) is 0 Å². The van der Waals surface area contributed by atoms with Crippen molar-refractivity contribution in [3.05, 3.63) is 35.4 Å². The zero-order chi connectivity index (χ0) is 14.1. The molecule has 0 fully saturated rings. The van der Waals surface area contributed by atoms with Crippen molar-refractivity contribution in [2.45, 2.75) is 31.1 Å². The van der Waals surface area contributed by atoms with Gasteiger partial charge in [0, 0.05) is 4.43 Å². The normalized spacial score (nSPS) is 11.2. The molecule has 0 spiro atoms.